The molecule has 0 spiro atoms. The number of carbonyl (C=O) groups excluding carboxylic acids is 2. The second-order valence-corrected chi connectivity index (χ2v) is 9.38. The Balaban J connectivity index is 1.76. The molecule has 176 valence electrons. The first-order chi connectivity index (χ1) is 15.8. The van der Waals surface area contributed by atoms with Crippen LogP contribution in [0.2, 0.25) is 0 Å². The van der Waals surface area contributed by atoms with E-state index in [-0.39, 0.29) is 30.9 Å². The van der Waals surface area contributed by atoms with Crippen molar-refractivity contribution in [1.29, 1.82) is 0 Å². The highest BCUT2D eigenvalue weighted by molar-refractivity contribution is 8.15. The molecule has 0 aromatic heterocycles. The van der Waals surface area contributed by atoms with E-state index in [1.807, 2.05) is 0 Å². The Labute approximate surface area is 198 Å². The second-order valence-electron chi connectivity index (χ2n) is 7.15. The van der Waals surface area contributed by atoms with E-state index in [1.165, 1.54) is 48.4 Å². The zero-order valence-corrected chi connectivity index (χ0v) is 19.5. The molecule has 3 rings (SSSR count). The van der Waals surface area contributed by atoms with Crippen LogP contribution in [0.5, 0.6) is 0 Å². The van der Waals surface area contributed by atoms with Crippen LogP contribution >= 0.6 is 23.5 Å². The first-order valence-corrected chi connectivity index (χ1v) is 11.7. The van der Waals surface area contributed by atoms with Gasteiger partial charge in [-0.1, -0.05) is 23.5 Å². The zero-order chi connectivity index (χ0) is 24.0. The monoisotopic (exact) mass is 497 g/mol. The van der Waals surface area contributed by atoms with Gasteiger partial charge in [0.1, 0.15) is 11.1 Å². The van der Waals surface area contributed by atoms with Gasteiger partial charge in [-0.3, -0.25) is 14.5 Å². The molecule has 6 nitrogen and oxygen atoms in total. The van der Waals surface area contributed by atoms with Crippen molar-refractivity contribution in [3.05, 3.63) is 54.3 Å². The summed E-state index contributed by atoms with van der Waals surface area (Å²) in [5, 5.41) is 2.36. The molecule has 0 bridgehead atoms. The molecule has 1 heterocycles. The highest BCUT2D eigenvalue weighted by Crippen LogP contribution is 2.34. The highest BCUT2D eigenvalue weighted by Gasteiger charge is 2.41. The summed E-state index contributed by atoms with van der Waals surface area (Å²) in [6.45, 7) is 2.07. The average molecular weight is 498 g/mol. The highest BCUT2D eigenvalue weighted by atomic mass is 32.2. The van der Waals surface area contributed by atoms with Crippen molar-refractivity contribution in [3.63, 3.8) is 0 Å². The Bertz CT molecular complexity index is 1000. The van der Waals surface area contributed by atoms with Gasteiger partial charge in [-0.25, -0.2) is 9.38 Å². The first kappa shape index (κ1) is 25.1. The molecule has 0 radical (unpaired) electrons. The molecule has 33 heavy (non-hydrogen) atoms. The topological polar surface area (TPSA) is 71.0 Å². The van der Waals surface area contributed by atoms with Crippen LogP contribution in [0.15, 0.2) is 58.4 Å². The van der Waals surface area contributed by atoms with Gasteiger partial charge in [-0.05, 0) is 55.5 Å². The maximum absolute atomic E-state index is 13.1. The number of halogens is 3. The molecule has 1 aliphatic heterocycles. The lowest BCUT2D eigenvalue weighted by molar-refractivity contribution is -0.130. The summed E-state index contributed by atoms with van der Waals surface area (Å²) in [6, 6.07) is 11.3. The summed E-state index contributed by atoms with van der Waals surface area (Å²) >= 11 is 1.59. The molecular weight excluding hydrogens is 475 g/mol. The van der Waals surface area contributed by atoms with Crippen LogP contribution in [0.1, 0.15) is 13.3 Å². The second kappa shape index (κ2) is 11.6. The fourth-order valence-electron chi connectivity index (χ4n) is 3.14. The van der Waals surface area contributed by atoms with Gasteiger partial charge in [0, 0.05) is 24.1 Å². The van der Waals surface area contributed by atoms with E-state index in [0.717, 1.165) is 11.8 Å². The van der Waals surface area contributed by atoms with Gasteiger partial charge in [0.2, 0.25) is 11.8 Å². The number of alkyl halides is 2. The minimum Gasteiger partial charge on any atom is -0.383 e. The van der Waals surface area contributed by atoms with Crippen molar-refractivity contribution in [3.8, 4) is 0 Å². The Kier molecular flexibility index (Phi) is 8.81. The van der Waals surface area contributed by atoms with Crippen molar-refractivity contribution in [1.82, 2.24) is 4.90 Å². The van der Waals surface area contributed by atoms with Gasteiger partial charge in [0.25, 0.3) is 5.76 Å². The number of anilines is 1. The summed E-state index contributed by atoms with van der Waals surface area (Å²) in [7, 11) is 1.52. The van der Waals surface area contributed by atoms with Gasteiger partial charge >= 0.3 is 0 Å². The summed E-state index contributed by atoms with van der Waals surface area (Å²) in [5.74, 6) is -3.60. The summed E-state index contributed by atoms with van der Waals surface area (Å²) < 4.78 is 43.3. The maximum atomic E-state index is 13.1. The Morgan fingerprint density at radius 3 is 2.48 bits per heavy atom. The molecule has 1 aliphatic rings. The lowest BCUT2D eigenvalue weighted by Crippen LogP contribution is -2.42. The first-order valence-electron chi connectivity index (χ1n) is 9.94. The van der Waals surface area contributed by atoms with Gasteiger partial charge in [0.15, 0.2) is 5.17 Å². The van der Waals surface area contributed by atoms with E-state index in [1.54, 1.807) is 19.1 Å². The molecule has 11 heteroatoms. The van der Waals surface area contributed by atoms with Crippen molar-refractivity contribution in [2.75, 3.05) is 19.0 Å². The van der Waals surface area contributed by atoms with Crippen LogP contribution in [-0.2, 0) is 14.3 Å². The molecule has 2 aromatic carbocycles. The standard InChI is InChI=1S/C22H22F3N3O3S2/c1-13(12-31-2)28-20(30)18(11-19(29)26-15-5-3-14(23)4-6-15)33-22(28)27-16-7-9-17(10-8-16)32-21(24)25/h3-10,13,18,21H,11-12H2,1-2H3,(H,26,29)/t13-,18-/m0/s1. The number of nitrogens with zero attached hydrogens (tertiary/aromatic N) is 2. The molecule has 1 saturated heterocycles. The van der Waals surface area contributed by atoms with E-state index < -0.39 is 16.8 Å². The third-order valence-electron chi connectivity index (χ3n) is 4.60. The largest absolute Gasteiger partial charge is 0.383 e. The Hall–Kier alpha value is -2.50. The fourth-order valence-corrected chi connectivity index (χ4v) is 4.88. The molecule has 1 N–H and O–H groups in total. The fraction of sp³-hybridized carbons (Fsp3) is 0.318. The molecule has 0 aliphatic carbocycles. The maximum Gasteiger partial charge on any atom is 0.288 e. The SMILES string of the molecule is COC[C@H](C)N1C(=O)[C@H](CC(=O)Nc2ccc(F)cc2)SC1=Nc1ccc(SC(F)F)cc1. The van der Waals surface area contributed by atoms with Crippen molar-refractivity contribution in [2.24, 2.45) is 4.99 Å². The zero-order valence-electron chi connectivity index (χ0n) is 17.8. The predicted octanol–water partition coefficient (Wildman–Crippen LogP) is 5.14. The van der Waals surface area contributed by atoms with E-state index in [0.29, 0.717) is 33.2 Å². The number of benzene rings is 2. The number of methoxy groups -OCH3 is 1. The smallest absolute Gasteiger partial charge is 0.288 e. The van der Waals surface area contributed by atoms with Crippen molar-refractivity contribution >= 4 is 51.9 Å². The third kappa shape index (κ3) is 6.99. The molecule has 0 saturated carbocycles. The normalized spacial score (nSPS) is 18.2. The van der Waals surface area contributed by atoms with Gasteiger partial charge in [-0.15, -0.1) is 0 Å². The number of hydrogen-bond acceptors (Lipinski definition) is 6. The lowest BCUT2D eigenvalue weighted by atomic mass is 10.2. The van der Waals surface area contributed by atoms with Crippen LogP contribution in [0, 0.1) is 5.82 Å². The number of amidine groups is 1. The number of carbonyl (C=O) groups is 2. The lowest BCUT2D eigenvalue weighted by Gasteiger charge is -2.23. The van der Waals surface area contributed by atoms with Crippen LogP contribution in [0.4, 0.5) is 24.5 Å². The minimum atomic E-state index is -2.52. The number of rotatable bonds is 9. The number of thioether (sulfide) groups is 2. The van der Waals surface area contributed by atoms with Crippen LogP contribution < -0.4 is 5.32 Å². The molecule has 2 amide bonds. The third-order valence-corrected chi connectivity index (χ3v) is 6.47. The summed E-state index contributed by atoms with van der Waals surface area (Å²) in [6.07, 6.45) is -0.0972. The van der Waals surface area contributed by atoms with E-state index in [2.05, 4.69) is 10.3 Å². The Morgan fingerprint density at radius 2 is 1.88 bits per heavy atom. The molecular formula is C22H22F3N3O3S2. The molecule has 0 unspecified atom stereocenters. The van der Waals surface area contributed by atoms with E-state index in [9.17, 15) is 22.8 Å². The van der Waals surface area contributed by atoms with Crippen LogP contribution in [-0.4, -0.2) is 52.6 Å². The molecule has 2 aromatic rings. The van der Waals surface area contributed by atoms with Gasteiger partial charge in [0.05, 0.1) is 18.3 Å². The Morgan fingerprint density at radius 1 is 1.21 bits per heavy atom. The number of amides is 2. The number of aliphatic imine (C=N–C) groups is 1. The van der Waals surface area contributed by atoms with Crippen molar-refractivity contribution < 1.29 is 27.5 Å². The predicted molar refractivity (Wildman–Crippen MR) is 125 cm³/mol. The number of hydrogen-bond donors (Lipinski definition) is 1. The van der Waals surface area contributed by atoms with Crippen molar-refractivity contribution in [2.45, 2.75) is 35.3 Å². The average Bonchev–Trinajstić information content (AvgIpc) is 3.05. The molecule has 2 atom stereocenters. The summed E-state index contributed by atoms with van der Waals surface area (Å²) in [4.78, 5) is 32.0. The minimum absolute atomic E-state index is 0.0972. The van der Waals surface area contributed by atoms with E-state index in [4.69, 9.17) is 4.74 Å². The van der Waals surface area contributed by atoms with Gasteiger partial charge < -0.3 is 10.1 Å². The molecule has 1 fully saturated rings. The number of ether oxygens (including phenoxy) is 1. The van der Waals surface area contributed by atoms with Crippen LogP contribution in [0.25, 0.3) is 0 Å². The summed E-state index contributed by atoms with van der Waals surface area (Å²) in [5.41, 5.74) is 0.923. The number of nitrogens with one attached hydrogen (secondary N) is 1. The van der Waals surface area contributed by atoms with E-state index >= 15 is 0 Å². The van der Waals surface area contributed by atoms with Crippen LogP contribution in [0.3, 0.4) is 0 Å². The van der Waals surface area contributed by atoms with Gasteiger partial charge in [-0.2, -0.15) is 8.78 Å². The quantitative estimate of drug-likeness (QED) is 0.486.